The van der Waals surface area contributed by atoms with Gasteiger partial charge in [0.2, 0.25) is 5.91 Å². The van der Waals surface area contributed by atoms with Crippen LogP contribution in [0.3, 0.4) is 0 Å². The molecule has 3 heterocycles. The highest BCUT2D eigenvalue weighted by Gasteiger charge is 2.27. The fraction of sp³-hybridized carbons (Fsp3) is 0.381. The van der Waals surface area contributed by atoms with Crippen LogP contribution in [-0.4, -0.2) is 29.0 Å². The Bertz CT molecular complexity index is 1010. The lowest BCUT2D eigenvalue weighted by molar-refractivity contribution is -0.125. The van der Waals surface area contributed by atoms with Crippen molar-refractivity contribution in [3.8, 4) is 0 Å². The molecule has 146 valence electrons. The molecule has 1 saturated heterocycles. The molecule has 0 aliphatic carbocycles. The van der Waals surface area contributed by atoms with Crippen molar-refractivity contribution in [2.45, 2.75) is 33.2 Å². The van der Waals surface area contributed by atoms with Gasteiger partial charge < -0.3 is 10.2 Å². The van der Waals surface area contributed by atoms with Crippen LogP contribution in [-0.2, 0) is 11.3 Å². The van der Waals surface area contributed by atoms with E-state index in [0.717, 1.165) is 47.5 Å². The molecule has 0 spiro atoms. The minimum Gasteiger partial charge on any atom is -0.356 e. The van der Waals surface area contributed by atoms with Crippen molar-refractivity contribution >= 4 is 33.3 Å². The number of nitrogens with one attached hydrogen (secondary N) is 1. The van der Waals surface area contributed by atoms with Gasteiger partial charge in [-0.15, -0.1) is 11.3 Å². The third-order valence-corrected chi connectivity index (χ3v) is 6.58. The molecule has 2 aromatic heterocycles. The van der Waals surface area contributed by atoms with Crippen molar-refractivity contribution in [1.29, 1.82) is 0 Å². The lowest BCUT2D eigenvalue weighted by Gasteiger charge is -2.32. The van der Waals surface area contributed by atoms with E-state index < -0.39 is 0 Å². The zero-order chi connectivity index (χ0) is 19.7. The quantitative estimate of drug-likeness (QED) is 0.722. The summed E-state index contributed by atoms with van der Waals surface area (Å²) in [6.07, 6.45) is 3.19. The van der Waals surface area contributed by atoms with Gasteiger partial charge in [0.05, 0.1) is 5.39 Å². The van der Waals surface area contributed by atoms with Gasteiger partial charge in [-0.1, -0.05) is 12.1 Å². The number of aryl methyl sites for hydroxylation is 2. The first-order valence-electron chi connectivity index (χ1n) is 9.50. The summed E-state index contributed by atoms with van der Waals surface area (Å²) in [5, 5.41) is 4.08. The van der Waals surface area contributed by atoms with Crippen molar-refractivity contribution in [2.75, 3.05) is 18.0 Å². The number of aromatic nitrogens is 2. The summed E-state index contributed by atoms with van der Waals surface area (Å²) in [5.74, 6) is 0.715. The monoisotopic (exact) mass is 398 g/mol. The SMILES string of the molecule is Cc1sc2ncnc(N3CCC(C(=O)NCc4cccc(F)c4)CC3)c2c1C. The van der Waals surface area contributed by atoms with E-state index in [9.17, 15) is 9.18 Å². The summed E-state index contributed by atoms with van der Waals surface area (Å²) in [5.41, 5.74) is 2.02. The van der Waals surface area contributed by atoms with Gasteiger partial charge in [-0.25, -0.2) is 14.4 Å². The molecule has 0 unspecified atom stereocenters. The lowest BCUT2D eigenvalue weighted by atomic mass is 9.95. The predicted molar refractivity (Wildman–Crippen MR) is 110 cm³/mol. The molecule has 1 fully saturated rings. The van der Waals surface area contributed by atoms with E-state index in [-0.39, 0.29) is 17.6 Å². The molecule has 0 radical (unpaired) electrons. The van der Waals surface area contributed by atoms with Crippen LogP contribution in [0.15, 0.2) is 30.6 Å². The number of carbonyl (C=O) groups is 1. The van der Waals surface area contributed by atoms with Crippen LogP contribution in [0.25, 0.3) is 10.2 Å². The smallest absolute Gasteiger partial charge is 0.223 e. The molecule has 0 atom stereocenters. The first kappa shape index (κ1) is 18.8. The van der Waals surface area contributed by atoms with Gasteiger partial charge in [0, 0.05) is 30.4 Å². The van der Waals surface area contributed by atoms with Gasteiger partial charge in [0.15, 0.2) is 0 Å². The fourth-order valence-electron chi connectivity index (χ4n) is 3.74. The van der Waals surface area contributed by atoms with Crippen LogP contribution in [0.2, 0.25) is 0 Å². The van der Waals surface area contributed by atoms with Crippen molar-refractivity contribution in [1.82, 2.24) is 15.3 Å². The number of amides is 1. The molecule has 1 aromatic carbocycles. The molecule has 1 aliphatic rings. The molecule has 0 saturated carbocycles. The number of halogens is 1. The number of fused-ring (bicyclic) bond motifs is 1. The Balaban J connectivity index is 1.39. The zero-order valence-electron chi connectivity index (χ0n) is 16.0. The summed E-state index contributed by atoms with van der Waals surface area (Å²) in [6.45, 7) is 6.17. The second kappa shape index (κ2) is 7.83. The molecule has 7 heteroatoms. The van der Waals surface area contributed by atoms with Crippen LogP contribution in [0.4, 0.5) is 10.2 Å². The topological polar surface area (TPSA) is 58.1 Å². The van der Waals surface area contributed by atoms with Crippen LogP contribution in [0, 0.1) is 25.6 Å². The number of thiophene rings is 1. The summed E-state index contributed by atoms with van der Waals surface area (Å²) in [7, 11) is 0. The molecule has 3 aromatic rings. The summed E-state index contributed by atoms with van der Waals surface area (Å²) >= 11 is 1.70. The van der Waals surface area contributed by atoms with Gasteiger partial charge in [0.1, 0.15) is 22.8 Å². The van der Waals surface area contributed by atoms with E-state index >= 15 is 0 Å². The number of carbonyl (C=O) groups excluding carboxylic acids is 1. The average molecular weight is 399 g/mol. The maximum atomic E-state index is 13.3. The van der Waals surface area contributed by atoms with E-state index in [1.165, 1.54) is 22.6 Å². The highest BCUT2D eigenvalue weighted by atomic mass is 32.1. The third kappa shape index (κ3) is 3.71. The van der Waals surface area contributed by atoms with Crippen LogP contribution in [0.1, 0.15) is 28.8 Å². The first-order chi connectivity index (χ1) is 13.5. The van der Waals surface area contributed by atoms with Gasteiger partial charge in [0.25, 0.3) is 0 Å². The summed E-state index contributed by atoms with van der Waals surface area (Å²) < 4.78 is 13.3. The average Bonchev–Trinajstić information content (AvgIpc) is 3.00. The maximum Gasteiger partial charge on any atom is 0.223 e. The highest BCUT2D eigenvalue weighted by molar-refractivity contribution is 7.18. The van der Waals surface area contributed by atoms with Crippen molar-refractivity contribution in [3.05, 3.63) is 52.4 Å². The standard InChI is InChI=1S/C21H23FN4OS/c1-13-14(2)28-21-18(13)19(24-12-25-21)26-8-6-16(7-9-26)20(27)23-11-15-4-3-5-17(22)10-15/h3-5,10,12,16H,6-9,11H2,1-2H3,(H,23,27). The van der Waals surface area contributed by atoms with Crippen molar-refractivity contribution in [3.63, 3.8) is 0 Å². The van der Waals surface area contributed by atoms with Gasteiger partial charge in [-0.2, -0.15) is 0 Å². The Morgan fingerprint density at radius 1 is 1.29 bits per heavy atom. The predicted octanol–water partition coefficient (Wildman–Crippen LogP) is 3.98. The molecule has 4 rings (SSSR count). The van der Waals surface area contributed by atoms with E-state index in [4.69, 9.17) is 0 Å². The van der Waals surface area contributed by atoms with E-state index in [1.54, 1.807) is 23.7 Å². The Hall–Kier alpha value is -2.54. The Morgan fingerprint density at radius 2 is 2.07 bits per heavy atom. The minimum absolute atomic E-state index is 0.0209. The fourth-order valence-corrected chi connectivity index (χ4v) is 4.73. The van der Waals surface area contributed by atoms with Crippen LogP contribution in [0.5, 0.6) is 0 Å². The molecule has 28 heavy (non-hydrogen) atoms. The van der Waals surface area contributed by atoms with Crippen molar-refractivity contribution < 1.29 is 9.18 Å². The van der Waals surface area contributed by atoms with Gasteiger partial charge in [-0.3, -0.25) is 4.79 Å². The number of nitrogens with zero attached hydrogens (tertiary/aromatic N) is 3. The molecule has 1 aliphatic heterocycles. The van der Waals surface area contributed by atoms with Crippen LogP contribution < -0.4 is 10.2 Å². The Labute approximate surface area is 167 Å². The minimum atomic E-state index is -0.282. The second-order valence-corrected chi connectivity index (χ2v) is 8.47. The normalized spacial score (nSPS) is 15.2. The molecular formula is C21H23FN4OS. The number of piperidine rings is 1. The molecular weight excluding hydrogens is 375 g/mol. The first-order valence-corrected chi connectivity index (χ1v) is 10.3. The van der Waals surface area contributed by atoms with Gasteiger partial charge in [-0.05, 0) is 49.9 Å². The molecule has 1 amide bonds. The Kier molecular flexibility index (Phi) is 5.26. The number of rotatable bonds is 4. The molecule has 0 bridgehead atoms. The Morgan fingerprint density at radius 3 is 2.82 bits per heavy atom. The van der Waals surface area contributed by atoms with E-state index in [0.29, 0.717) is 6.54 Å². The number of hydrogen-bond acceptors (Lipinski definition) is 5. The number of anilines is 1. The van der Waals surface area contributed by atoms with E-state index in [1.807, 2.05) is 6.07 Å². The van der Waals surface area contributed by atoms with Crippen molar-refractivity contribution in [2.24, 2.45) is 5.92 Å². The molecule has 1 N–H and O–H groups in total. The molecule has 5 nitrogen and oxygen atoms in total. The number of hydrogen-bond donors (Lipinski definition) is 1. The van der Waals surface area contributed by atoms with E-state index in [2.05, 4.69) is 34.0 Å². The van der Waals surface area contributed by atoms with Gasteiger partial charge >= 0.3 is 0 Å². The second-order valence-electron chi connectivity index (χ2n) is 7.27. The number of benzene rings is 1. The summed E-state index contributed by atoms with van der Waals surface area (Å²) in [6, 6.07) is 6.33. The van der Waals surface area contributed by atoms with Crippen LogP contribution >= 0.6 is 11.3 Å². The summed E-state index contributed by atoms with van der Waals surface area (Å²) in [4.78, 5) is 26.0. The third-order valence-electron chi connectivity index (χ3n) is 5.47. The largest absolute Gasteiger partial charge is 0.356 e. The lowest BCUT2D eigenvalue weighted by Crippen LogP contribution is -2.40. The highest BCUT2D eigenvalue weighted by Crippen LogP contribution is 2.35. The maximum absolute atomic E-state index is 13.3. The zero-order valence-corrected chi connectivity index (χ0v) is 16.9.